The largest absolute Gasteiger partial charge is 0.481 e. The Bertz CT molecular complexity index is 363. The van der Waals surface area contributed by atoms with Crippen molar-refractivity contribution < 1.29 is 9.90 Å². The number of hydrogen-bond donors (Lipinski definition) is 1. The van der Waals surface area contributed by atoms with Crippen LogP contribution in [0.5, 0.6) is 0 Å². The fraction of sp³-hybridized carbons (Fsp3) is 0.308. The number of rotatable bonds is 4. The molecular weight excluding hydrogens is 188 g/mol. The fourth-order valence-corrected chi connectivity index (χ4v) is 1.43. The summed E-state index contributed by atoms with van der Waals surface area (Å²) in [5, 5.41) is 8.66. The van der Waals surface area contributed by atoms with Crippen LogP contribution in [-0.4, -0.2) is 11.1 Å². The normalized spacial score (nSPS) is 12.1. The Morgan fingerprint density at radius 1 is 1.13 bits per heavy atom. The van der Waals surface area contributed by atoms with Gasteiger partial charge in [-0.15, -0.1) is 0 Å². The van der Waals surface area contributed by atoms with E-state index in [9.17, 15) is 4.79 Å². The quantitative estimate of drug-likeness (QED) is 0.765. The molecule has 2 nitrogen and oxygen atoms in total. The molecule has 0 bridgehead atoms. The van der Waals surface area contributed by atoms with Crippen molar-refractivity contribution in [2.45, 2.75) is 26.7 Å². The Balaban J connectivity index is 2.69. The third-order valence-corrected chi connectivity index (χ3v) is 2.46. The molecule has 0 saturated carbocycles. The maximum Gasteiger partial charge on any atom is 0.307 e. The van der Waals surface area contributed by atoms with E-state index in [2.05, 4.69) is 12.1 Å². The molecule has 0 aliphatic carbocycles. The number of carboxylic acid groups (broad SMARTS) is 1. The third-order valence-electron chi connectivity index (χ3n) is 2.46. The lowest BCUT2D eigenvalue weighted by Crippen LogP contribution is -1.98. The van der Waals surface area contributed by atoms with Gasteiger partial charge in [0.05, 0.1) is 6.42 Å². The van der Waals surface area contributed by atoms with Gasteiger partial charge in [0, 0.05) is 0 Å². The zero-order valence-corrected chi connectivity index (χ0v) is 9.16. The maximum atomic E-state index is 10.5. The van der Waals surface area contributed by atoms with Gasteiger partial charge in [-0.05, 0) is 25.8 Å². The van der Waals surface area contributed by atoms with E-state index in [1.165, 1.54) is 5.56 Å². The Morgan fingerprint density at radius 3 is 2.27 bits per heavy atom. The van der Waals surface area contributed by atoms with Crippen molar-refractivity contribution in [2.75, 3.05) is 0 Å². The van der Waals surface area contributed by atoms with Crippen LogP contribution in [0.2, 0.25) is 0 Å². The Kier molecular flexibility index (Phi) is 4.10. The van der Waals surface area contributed by atoms with Crippen LogP contribution in [0.15, 0.2) is 41.5 Å². The number of carbonyl (C=O) groups is 1. The zero-order chi connectivity index (χ0) is 11.3. The first-order valence-corrected chi connectivity index (χ1v) is 5.00. The predicted molar refractivity (Wildman–Crippen MR) is 60.8 cm³/mol. The number of benzene rings is 1. The molecule has 2 heteroatoms. The summed E-state index contributed by atoms with van der Waals surface area (Å²) < 4.78 is 0. The van der Waals surface area contributed by atoms with Gasteiger partial charge in [0.1, 0.15) is 0 Å². The smallest absolute Gasteiger partial charge is 0.307 e. The first-order valence-electron chi connectivity index (χ1n) is 5.00. The summed E-state index contributed by atoms with van der Waals surface area (Å²) in [7, 11) is 0. The van der Waals surface area contributed by atoms with Crippen molar-refractivity contribution in [1.29, 1.82) is 0 Å². The van der Waals surface area contributed by atoms with Gasteiger partial charge in [-0.3, -0.25) is 4.79 Å². The van der Waals surface area contributed by atoms with Gasteiger partial charge >= 0.3 is 5.97 Å². The molecule has 0 aliphatic rings. The molecule has 0 saturated heterocycles. The molecule has 0 radical (unpaired) electrons. The number of allylic oxidation sites excluding steroid dienone is 1. The monoisotopic (exact) mass is 204 g/mol. The van der Waals surface area contributed by atoms with Crippen molar-refractivity contribution in [3.8, 4) is 0 Å². The minimum Gasteiger partial charge on any atom is -0.481 e. The second kappa shape index (κ2) is 5.35. The highest BCUT2D eigenvalue weighted by Crippen LogP contribution is 2.13. The van der Waals surface area contributed by atoms with Gasteiger partial charge in [-0.1, -0.05) is 41.5 Å². The fourth-order valence-electron chi connectivity index (χ4n) is 1.43. The van der Waals surface area contributed by atoms with Crippen LogP contribution in [0.25, 0.3) is 0 Å². The summed E-state index contributed by atoms with van der Waals surface area (Å²) in [6.07, 6.45) is 0.971. The van der Waals surface area contributed by atoms with E-state index in [1.807, 2.05) is 32.0 Å². The van der Waals surface area contributed by atoms with Crippen molar-refractivity contribution in [2.24, 2.45) is 0 Å². The average Bonchev–Trinajstić information content (AvgIpc) is 2.18. The Hall–Kier alpha value is -1.57. The molecule has 1 aromatic rings. The summed E-state index contributed by atoms with van der Waals surface area (Å²) in [4.78, 5) is 10.5. The summed E-state index contributed by atoms with van der Waals surface area (Å²) in [6, 6.07) is 10.1. The summed E-state index contributed by atoms with van der Waals surface area (Å²) >= 11 is 0. The minimum absolute atomic E-state index is 0.138. The van der Waals surface area contributed by atoms with E-state index in [1.54, 1.807) is 0 Å². The molecular formula is C13H16O2. The van der Waals surface area contributed by atoms with Crippen LogP contribution in [0.3, 0.4) is 0 Å². The van der Waals surface area contributed by atoms with Crippen LogP contribution in [0.1, 0.15) is 25.8 Å². The molecule has 1 N–H and O–H groups in total. The lowest BCUT2D eigenvalue weighted by Gasteiger charge is -2.06. The van der Waals surface area contributed by atoms with Gasteiger partial charge in [0.2, 0.25) is 0 Å². The summed E-state index contributed by atoms with van der Waals surface area (Å²) in [5.74, 6) is -0.764. The number of hydrogen-bond acceptors (Lipinski definition) is 1. The van der Waals surface area contributed by atoms with Crippen LogP contribution >= 0.6 is 0 Å². The van der Waals surface area contributed by atoms with E-state index < -0.39 is 5.97 Å². The van der Waals surface area contributed by atoms with Crippen LogP contribution in [-0.2, 0) is 11.2 Å². The number of aliphatic carboxylic acids is 1. The molecule has 0 amide bonds. The van der Waals surface area contributed by atoms with Gasteiger partial charge in [-0.2, -0.15) is 0 Å². The molecule has 0 fully saturated rings. The van der Waals surface area contributed by atoms with Crippen LogP contribution < -0.4 is 0 Å². The van der Waals surface area contributed by atoms with Crippen LogP contribution in [0, 0.1) is 0 Å². The SMILES string of the molecule is CC(CC(=O)O)=C(C)Cc1ccccc1. The topological polar surface area (TPSA) is 37.3 Å². The lowest BCUT2D eigenvalue weighted by molar-refractivity contribution is -0.136. The van der Waals surface area contributed by atoms with E-state index in [-0.39, 0.29) is 6.42 Å². The van der Waals surface area contributed by atoms with Crippen LogP contribution in [0.4, 0.5) is 0 Å². The average molecular weight is 204 g/mol. The maximum absolute atomic E-state index is 10.5. The van der Waals surface area contributed by atoms with Gasteiger partial charge in [0.15, 0.2) is 0 Å². The number of carboxylic acids is 1. The van der Waals surface area contributed by atoms with E-state index in [0.29, 0.717) is 0 Å². The Labute approximate surface area is 90.3 Å². The molecule has 0 atom stereocenters. The molecule has 1 rings (SSSR count). The molecule has 1 aromatic carbocycles. The van der Waals surface area contributed by atoms with Crippen molar-refractivity contribution in [1.82, 2.24) is 0 Å². The van der Waals surface area contributed by atoms with E-state index >= 15 is 0 Å². The summed E-state index contributed by atoms with van der Waals surface area (Å²) in [5.41, 5.74) is 3.31. The standard InChI is InChI=1S/C13H16O2/c1-10(11(2)9-13(14)15)8-12-6-4-3-5-7-12/h3-7H,8-9H2,1-2H3,(H,14,15). The first kappa shape index (κ1) is 11.5. The molecule has 0 unspecified atom stereocenters. The van der Waals surface area contributed by atoms with Gasteiger partial charge in [0.25, 0.3) is 0 Å². The highest BCUT2D eigenvalue weighted by atomic mass is 16.4. The zero-order valence-electron chi connectivity index (χ0n) is 9.16. The van der Waals surface area contributed by atoms with E-state index in [0.717, 1.165) is 17.6 Å². The Morgan fingerprint density at radius 2 is 1.73 bits per heavy atom. The van der Waals surface area contributed by atoms with E-state index in [4.69, 9.17) is 5.11 Å². The molecule has 80 valence electrons. The first-order chi connectivity index (χ1) is 7.09. The minimum atomic E-state index is -0.764. The molecule has 0 aromatic heterocycles. The predicted octanol–water partition coefficient (Wildman–Crippen LogP) is 3.04. The summed E-state index contributed by atoms with van der Waals surface area (Å²) in [6.45, 7) is 3.87. The molecule has 0 heterocycles. The third kappa shape index (κ3) is 3.98. The van der Waals surface area contributed by atoms with Gasteiger partial charge in [-0.25, -0.2) is 0 Å². The van der Waals surface area contributed by atoms with Crippen molar-refractivity contribution >= 4 is 5.97 Å². The second-order valence-corrected chi connectivity index (χ2v) is 3.79. The lowest BCUT2D eigenvalue weighted by atomic mass is 10.0. The highest BCUT2D eigenvalue weighted by molar-refractivity contribution is 5.70. The van der Waals surface area contributed by atoms with Crippen molar-refractivity contribution in [3.63, 3.8) is 0 Å². The molecule has 0 spiro atoms. The second-order valence-electron chi connectivity index (χ2n) is 3.79. The van der Waals surface area contributed by atoms with Gasteiger partial charge < -0.3 is 5.11 Å². The highest BCUT2D eigenvalue weighted by Gasteiger charge is 2.03. The molecule has 0 aliphatic heterocycles. The molecule has 15 heavy (non-hydrogen) atoms. The van der Waals surface area contributed by atoms with Crippen molar-refractivity contribution in [3.05, 3.63) is 47.0 Å².